The lowest BCUT2D eigenvalue weighted by Crippen LogP contribution is -2.10. The van der Waals surface area contributed by atoms with Crippen LogP contribution in [0.4, 0.5) is 8.78 Å². The van der Waals surface area contributed by atoms with Crippen molar-refractivity contribution in [3.63, 3.8) is 0 Å². The number of thioether (sulfide) groups is 2. The maximum Gasteiger partial charge on any atom is 0.339 e. The van der Waals surface area contributed by atoms with Gasteiger partial charge in [-0.25, -0.2) is 8.78 Å². The second-order valence-corrected chi connectivity index (χ2v) is 9.03. The summed E-state index contributed by atoms with van der Waals surface area (Å²) in [6.07, 6.45) is 0. The molecule has 0 spiro atoms. The van der Waals surface area contributed by atoms with Crippen molar-refractivity contribution in [2.24, 2.45) is 0 Å². The lowest BCUT2D eigenvalue weighted by atomic mass is 10.2. The molecule has 8 heteroatoms. The highest BCUT2D eigenvalue weighted by atomic mass is 32.2. The Balaban J connectivity index is 1.78. The number of rotatable bonds is 4. The molecule has 1 heterocycles. The summed E-state index contributed by atoms with van der Waals surface area (Å²) in [6, 6.07) is 9.07. The highest BCUT2D eigenvalue weighted by Gasteiger charge is 2.21. The molecular formula is C15H12F2O3S3. The van der Waals surface area contributed by atoms with E-state index in [0.29, 0.717) is 10.6 Å². The summed E-state index contributed by atoms with van der Waals surface area (Å²) < 4.78 is 55.6. The molecular weight excluding hydrogens is 362 g/mol. The van der Waals surface area contributed by atoms with Crippen LogP contribution in [0.15, 0.2) is 47.4 Å². The van der Waals surface area contributed by atoms with Crippen molar-refractivity contribution in [1.29, 1.82) is 0 Å². The van der Waals surface area contributed by atoms with Crippen LogP contribution in [-0.2, 0) is 10.1 Å². The standard InChI is InChI=1S/C15H12F2O3S3/c16-13-6-5-12(9-14(13)17)23(18,19)20-11-3-1-10(2-4-11)15-21-7-8-22-15/h1-6,9,15H,7-8H2. The molecule has 1 fully saturated rings. The predicted molar refractivity (Wildman–Crippen MR) is 88.3 cm³/mol. The summed E-state index contributed by atoms with van der Waals surface area (Å²) in [5, 5.41) is 0. The molecule has 3 nitrogen and oxygen atoms in total. The fourth-order valence-electron chi connectivity index (χ4n) is 2.04. The zero-order valence-electron chi connectivity index (χ0n) is 11.7. The fourth-order valence-corrected chi connectivity index (χ4v) is 5.84. The molecule has 0 bridgehead atoms. The highest BCUT2D eigenvalue weighted by molar-refractivity contribution is 8.19. The van der Waals surface area contributed by atoms with Crippen LogP contribution in [-0.4, -0.2) is 19.9 Å². The molecule has 1 saturated heterocycles. The van der Waals surface area contributed by atoms with E-state index < -0.39 is 26.6 Å². The minimum atomic E-state index is -4.20. The first-order chi connectivity index (χ1) is 11.0. The van der Waals surface area contributed by atoms with E-state index in [1.807, 2.05) is 35.7 Å². The van der Waals surface area contributed by atoms with E-state index in [0.717, 1.165) is 29.2 Å². The van der Waals surface area contributed by atoms with E-state index in [1.54, 1.807) is 12.1 Å². The maximum atomic E-state index is 13.2. The smallest absolute Gasteiger partial charge is 0.339 e. The molecule has 0 atom stereocenters. The SMILES string of the molecule is O=S(=O)(Oc1ccc(C2SCCS2)cc1)c1ccc(F)c(F)c1. The predicted octanol–water partition coefficient (Wildman–Crippen LogP) is 4.21. The van der Waals surface area contributed by atoms with Crippen LogP contribution in [0, 0.1) is 11.6 Å². The lowest BCUT2D eigenvalue weighted by Gasteiger charge is -2.10. The van der Waals surface area contributed by atoms with Crippen molar-refractivity contribution >= 4 is 33.6 Å². The zero-order valence-corrected chi connectivity index (χ0v) is 14.2. The van der Waals surface area contributed by atoms with Crippen LogP contribution in [0.5, 0.6) is 5.75 Å². The van der Waals surface area contributed by atoms with Gasteiger partial charge in [-0.05, 0) is 35.9 Å². The number of benzene rings is 2. The first-order valence-electron chi connectivity index (χ1n) is 6.68. The highest BCUT2D eigenvalue weighted by Crippen LogP contribution is 2.45. The summed E-state index contributed by atoms with van der Waals surface area (Å²) in [6.45, 7) is 0. The molecule has 0 radical (unpaired) electrons. The molecule has 0 aromatic heterocycles. The second kappa shape index (κ2) is 6.70. The maximum absolute atomic E-state index is 13.2. The van der Waals surface area contributed by atoms with Crippen LogP contribution >= 0.6 is 23.5 Å². The van der Waals surface area contributed by atoms with E-state index in [9.17, 15) is 17.2 Å². The van der Waals surface area contributed by atoms with Gasteiger partial charge in [0.15, 0.2) is 11.6 Å². The van der Waals surface area contributed by atoms with Gasteiger partial charge in [0.05, 0.1) is 4.58 Å². The molecule has 0 saturated carbocycles. The third kappa shape index (κ3) is 3.81. The average Bonchev–Trinajstić information content (AvgIpc) is 3.04. The molecule has 0 unspecified atom stereocenters. The van der Waals surface area contributed by atoms with Crippen LogP contribution in [0.25, 0.3) is 0 Å². The second-order valence-electron chi connectivity index (χ2n) is 4.76. The van der Waals surface area contributed by atoms with Gasteiger partial charge in [-0.3, -0.25) is 0 Å². The Labute approximate surface area is 141 Å². The molecule has 1 aliphatic heterocycles. The minimum absolute atomic E-state index is 0.131. The largest absolute Gasteiger partial charge is 0.379 e. The van der Waals surface area contributed by atoms with Gasteiger partial charge < -0.3 is 4.18 Å². The van der Waals surface area contributed by atoms with E-state index >= 15 is 0 Å². The molecule has 0 aliphatic carbocycles. The molecule has 1 aliphatic rings. The van der Waals surface area contributed by atoms with Crippen LogP contribution < -0.4 is 4.18 Å². The quantitative estimate of drug-likeness (QED) is 0.750. The van der Waals surface area contributed by atoms with Crippen molar-refractivity contribution in [2.45, 2.75) is 9.48 Å². The summed E-state index contributed by atoms with van der Waals surface area (Å²) in [4.78, 5) is -0.428. The number of hydrogen-bond donors (Lipinski definition) is 0. The van der Waals surface area contributed by atoms with Gasteiger partial charge >= 0.3 is 10.1 Å². The topological polar surface area (TPSA) is 43.4 Å². The monoisotopic (exact) mass is 374 g/mol. The van der Waals surface area contributed by atoms with Crippen LogP contribution in [0.1, 0.15) is 10.1 Å². The molecule has 2 aromatic rings. The first kappa shape index (κ1) is 16.6. The van der Waals surface area contributed by atoms with Gasteiger partial charge in [-0.15, -0.1) is 23.5 Å². The lowest BCUT2D eigenvalue weighted by molar-refractivity contribution is 0.479. The van der Waals surface area contributed by atoms with Crippen molar-refractivity contribution in [3.05, 3.63) is 59.7 Å². The average molecular weight is 374 g/mol. The van der Waals surface area contributed by atoms with E-state index in [2.05, 4.69) is 0 Å². The Hall–Kier alpha value is -1.25. The molecule has 0 amide bonds. The van der Waals surface area contributed by atoms with E-state index in [-0.39, 0.29) is 5.75 Å². The third-order valence-electron chi connectivity index (χ3n) is 3.16. The summed E-state index contributed by atoms with van der Waals surface area (Å²) in [5.74, 6) is -0.0254. The Morgan fingerprint density at radius 2 is 1.61 bits per heavy atom. The first-order valence-corrected chi connectivity index (χ1v) is 10.2. The van der Waals surface area contributed by atoms with Gasteiger partial charge in [-0.1, -0.05) is 12.1 Å². The molecule has 2 aromatic carbocycles. The van der Waals surface area contributed by atoms with Crippen molar-refractivity contribution in [3.8, 4) is 5.75 Å². The van der Waals surface area contributed by atoms with Crippen molar-refractivity contribution in [2.75, 3.05) is 11.5 Å². The van der Waals surface area contributed by atoms with Crippen molar-refractivity contribution in [1.82, 2.24) is 0 Å². The zero-order chi connectivity index (χ0) is 16.4. The van der Waals surface area contributed by atoms with Crippen LogP contribution in [0.3, 0.4) is 0 Å². The normalized spacial score (nSPS) is 15.7. The Kier molecular flexibility index (Phi) is 4.84. The third-order valence-corrected chi connectivity index (χ3v) is 7.51. The van der Waals surface area contributed by atoms with E-state index in [4.69, 9.17) is 4.18 Å². The Bertz CT molecular complexity index is 801. The number of hydrogen-bond acceptors (Lipinski definition) is 5. The van der Waals surface area contributed by atoms with Gasteiger partial charge in [0.1, 0.15) is 10.6 Å². The van der Waals surface area contributed by atoms with Gasteiger partial charge in [0.2, 0.25) is 0 Å². The summed E-state index contributed by atoms with van der Waals surface area (Å²) in [7, 11) is -4.20. The molecule has 23 heavy (non-hydrogen) atoms. The van der Waals surface area contributed by atoms with Crippen molar-refractivity contribution < 1.29 is 21.4 Å². The number of halogens is 2. The molecule has 0 N–H and O–H groups in total. The Morgan fingerprint density at radius 3 is 2.22 bits per heavy atom. The van der Waals surface area contributed by atoms with Gasteiger partial charge in [-0.2, -0.15) is 8.42 Å². The minimum Gasteiger partial charge on any atom is -0.379 e. The fraction of sp³-hybridized carbons (Fsp3) is 0.200. The summed E-state index contributed by atoms with van der Waals surface area (Å²) in [5.41, 5.74) is 1.09. The van der Waals surface area contributed by atoms with Crippen LogP contribution in [0.2, 0.25) is 0 Å². The van der Waals surface area contributed by atoms with Gasteiger partial charge in [0.25, 0.3) is 0 Å². The van der Waals surface area contributed by atoms with Gasteiger partial charge in [0, 0.05) is 11.5 Å². The molecule has 3 rings (SSSR count). The molecule has 122 valence electrons. The Morgan fingerprint density at radius 1 is 0.957 bits per heavy atom. The van der Waals surface area contributed by atoms with E-state index in [1.165, 1.54) is 0 Å². The summed E-state index contributed by atoms with van der Waals surface area (Å²) >= 11 is 3.68.